The van der Waals surface area contributed by atoms with Crippen LogP contribution in [0.2, 0.25) is 0 Å². The Morgan fingerprint density at radius 3 is 2.15 bits per heavy atom. The number of nitriles is 1. The van der Waals surface area contributed by atoms with E-state index in [9.17, 15) is 24.4 Å². The molecule has 1 atom stereocenters. The topological polar surface area (TPSA) is 163 Å². The largest absolute Gasteiger partial charge is 0.374 e. The number of carbonyl (C=O) groups is 4. The van der Waals surface area contributed by atoms with Gasteiger partial charge in [-0.05, 0) is 91.9 Å². The van der Waals surface area contributed by atoms with Crippen LogP contribution in [0.25, 0.3) is 27.8 Å². The molecular weight excluding hydrogens is 783 g/mol. The first-order chi connectivity index (χ1) is 30.2. The number of imide groups is 1. The van der Waals surface area contributed by atoms with Gasteiger partial charge in [0.1, 0.15) is 17.9 Å². The normalized spacial score (nSPS) is 19.1. The molecule has 7 heterocycles. The van der Waals surface area contributed by atoms with E-state index in [0.29, 0.717) is 57.0 Å². The van der Waals surface area contributed by atoms with Crippen molar-refractivity contribution in [2.24, 2.45) is 0 Å². The zero-order valence-electron chi connectivity index (χ0n) is 35.0. The predicted octanol–water partition coefficient (Wildman–Crippen LogP) is 4.35. The van der Waals surface area contributed by atoms with Crippen molar-refractivity contribution in [1.29, 1.82) is 5.26 Å². The van der Waals surface area contributed by atoms with Gasteiger partial charge in [0, 0.05) is 106 Å². The monoisotopic (exact) mass is 833 g/mol. The summed E-state index contributed by atoms with van der Waals surface area (Å²) >= 11 is 0. The number of likely N-dealkylation sites (tertiary alicyclic amines) is 1. The van der Waals surface area contributed by atoms with Gasteiger partial charge in [0.05, 0.1) is 23.8 Å². The molecule has 4 saturated heterocycles. The summed E-state index contributed by atoms with van der Waals surface area (Å²) in [6, 6.07) is 24.8. The van der Waals surface area contributed by atoms with Crippen molar-refractivity contribution in [2.75, 3.05) is 87.1 Å². The third-order valence-corrected chi connectivity index (χ3v) is 12.9. The van der Waals surface area contributed by atoms with Gasteiger partial charge < -0.3 is 24.9 Å². The molecule has 0 saturated carbocycles. The molecular formula is C47H51N11O4. The van der Waals surface area contributed by atoms with E-state index in [2.05, 4.69) is 79.0 Å². The van der Waals surface area contributed by atoms with Crippen LogP contribution in [0.3, 0.4) is 0 Å². The van der Waals surface area contributed by atoms with Crippen LogP contribution in [-0.2, 0) is 19.2 Å². The maximum atomic E-state index is 13.4. The predicted molar refractivity (Wildman–Crippen MR) is 236 cm³/mol. The van der Waals surface area contributed by atoms with Crippen molar-refractivity contribution in [3.63, 3.8) is 0 Å². The fourth-order valence-electron chi connectivity index (χ4n) is 9.24. The van der Waals surface area contributed by atoms with E-state index < -0.39 is 6.04 Å². The van der Waals surface area contributed by atoms with Gasteiger partial charge in [-0.1, -0.05) is 24.3 Å². The lowest BCUT2D eigenvalue weighted by atomic mass is 9.89. The zero-order chi connectivity index (χ0) is 42.7. The van der Waals surface area contributed by atoms with Gasteiger partial charge in [0.25, 0.3) is 0 Å². The van der Waals surface area contributed by atoms with Crippen LogP contribution in [0, 0.1) is 11.3 Å². The molecule has 0 spiro atoms. The average Bonchev–Trinajstić information content (AvgIpc) is 3.74. The van der Waals surface area contributed by atoms with Gasteiger partial charge in [0.2, 0.25) is 23.6 Å². The number of aromatic nitrogens is 3. The van der Waals surface area contributed by atoms with Gasteiger partial charge in [-0.15, -0.1) is 0 Å². The highest BCUT2D eigenvalue weighted by Gasteiger charge is 2.28. The van der Waals surface area contributed by atoms with Crippen LogP contribution in [-0.4, -0.2) is 131 Å². The van der Waals surface area contributed by atoms with Crippen LogP contribution < -0.4 is 20.4 Å². The third-order valence-electron chi connectivity index (χ3n) is 12.9. The minimum absolute atomic E-state index is 0.0954. The summed E-state index contributed by atoms with van der Waals surface area (Å²) in [6.07, 6.45) is 8.23. The summed E-state index contributed by atoms with van der Waals surface area (Å²) in [7, 11) is 0. The number of hydrogen-bond acceptors (Lipinski definition) is 11. The van der Waals surface area contributed by atoms with Crippen molar-refractivity contribution in [3.05, 3.63) is 96.4 Å². The minimum atomic E-state index is -0.398. The molecule has 2 N–H and O–H groups in total. The number of hydrogen-bond donors (Lipinski definition) is 2. The fraction of sp³-hybridized carbons (Fsp3) is 0.383. The lowest BCUT2D eigenvalue weighted by Gasteiger charge is -2.38. The Balaban J connectivity index is 0.775. The highest BCUT2D eigenvalue weighted by atomic mass is 16.2. The van der Waals surface area contributed by atoms with E-state index in [1.807, 2.05) is 46.5 Å². The third kappa shape index (κ3) is 8.69. The van der Waals surface area contributed by atoms with E-state index >= 15 is 0 Å². The highest BCUT2D eigenvalue weighted by Crippen LogP contribution is 2.34. The lowest BCUT2D eigenvalue weighted by Crippen LogP contribution is -2.51. The van der Waals surface area contributed by atoms with Gasteiger partial charge in [-0.3, -0.25) is 29.4 Å². The number of pyridine rings is 2. The zero-order valence-corrected chi connectivity index (χ0v) is 35.0. The van der Waals surface area contributed by atoms with E-state index in [1.165, 1.54) is 5.56 Å². The summed E-state index contributed by atoms with van der Waals surface area (Å²) in [5, 5.41) is 20.1. The number of piperidine rings is 2. The SMILES string of the molecule is CC(=O)N1CCN(c2ccc(-c3cc(-c4ccc(N5CCN(C(=O)CN6CCC(c7ccc(NC8CCC(=O)NC8=O)cc7)CC6)CC5)cc4)cn4ncc(C#N)c34)cn2)CC1. The smallest absolute Gasteiger partial charge is 0.249 e. The number of nitrogens with zero attached hydrogens (tertiary/aromatic N) is 9. The standard InChI is InChI=1S/C47H51N11O4/c1-32(59)54-18-22-56(23-19-54)43-12-6-36(28-49-43)41-26-37(30-58-46(41)38(27-48)29-50-58)34-4-9-40(10-5-34)55-20-24-57(25-21-55)45(61)31-53-16-14-35(15-17-53)33-2-7-39(8-3-33)51-42-11-13-44(60)52-47(42)62/h2-10,12,26,28-30,35,42,51H,11,13-25,31H2,1H3,(H,52,60,62). The summed E-state index contributed by atoms with van der Waals surface area (Å²) in [4.78, 5) is 64.3. The second kappa shape index (κ2) is 17.7. The number of amides is 4. The molecule has 318 valence electrons. The Bertz CT molecular complexity index is 2490. The van der Waals surface area contributed by atoms with Crippen molar-refractivity contribution < 1.29 is 19.2 Å². The minimum Gasteiger partial charge on any atom is -0.374 e. The molecule has 0 aliphatic carbocycles. The highest BCUT2D eigenvalue weighted by molar-refractivity contribution is 6.01. The second-order valence-electron chi connectivity index (χ2n) is 16.7. The molecule has 4 aliphatic heterocycles. The Morgan fingerprint density at radius 2 is 1.48 bits per heavy atom. The lowest BCUT2D eigenvalue weighted by molar-refractivity contribution is -0.134. The first kappa shape index (κ1) is 40.6. The average molecular weight is 834 g/mol. The number of fused-ring (bicyclic) bond motifs is 1. The van der Waals surface area contributed by atoms with Crippen LogP contribution in [0.5, 0.6) is 0 Å². The van der Waals surface area contributed by atoms with Crippen LogP contribution >= 0.6 is 0 Å². The Morgan fingerprint density at radius 1 is 0.790 bits per heavy atom. The fourth-order valence-corrected chi connectivity index (χ4v) is 9.24. The summed E-state index contributed by atoms with van der Waals surface area (Å²) < 4.78 is 1.77. The Hall–Kier alpha value is -6.79. The van der Waals surface area contributed by atoms with E-state index in [1.54, 1.807) is 17.6 Å². The maximum absolute atomic E-state index is 13.4. The molecule has 0 radical (unpaired) electrons. The van der Waals surface area contributed by atoms with Gasteiger partial charge in [-0.25, -0.2) is 9.50 Å². The molecule has 2 aromatic carbocycles. The summed E-state index contributed by atoms with van der Waals surface area (Å²) in [5.74, 6) is 1.08. The first-order valence-electron chi connectivity index (χ1n) is 21.6. The molecule has 0 bridgehead atoms. The molecule has 15 heteroatoms. The number of rotatable bonds is 9. The molecule has 3 aromatic heterocycles. The number of nitrogens with one attached hydrogen (secondary N) is 2. The molecule has 4 amide bonds. The van der Waals surface area contributed by atoms with E-state index in [-0.39, 0.29) is 23.6 Å². The summed E-state index contributed by atoms with van der Waals surface area (Å²) in [6.45, 7) is 9.48. The Labute approximate surface area is 360 Å². The number of carbonyl (C=O) groups excluding carboxylic acids is 4. The van der Waals surface area contributed by atoms with Crippen LogP contribution in [0.1, 0.15) is 49.7 Å². The first-order valence-corrected chi connectivity index (χ1v) is 21.6. The van der Waals surface area contributed by atoms with Gasteiger partial charge in [-0.2, -0.15) is 10.4 Å². The molecule has 1 unspecified atom stereocenters. The van der Waals surface area contributed by atoms with Gasteiger partial charge >= 0.3 is 0 Å². The second-order valence-corrected chi connectivity index (χ2v) is 16.7. The van der Waals surface area contributed by atoms with Gasteiger partial charge in [0.15, 0.2) is 0 Å². The quantitative estimate of drug-likeness (QED) is 0.203. The number of piperazine rings is 2. The van der Waals surface area contributed by atoms with Crippen LogP contribution in [0.4, 0.5) is 17.2 Å². The van der Waals surface area contributed by atoms with E-state index in [4.69, 9.17) is 4.98 Å². The van der Waals surface area contributed by atoms with Crippen molar-refractivity contribution in [2.45, 2.75) is 44.6 Å². The molecule has 5 aromatic rings. The Kier molecular flexibility index (Phi) is 11.6. The van der Waals surface area contributed by atoms with Crippen molar-refractivity contribution in [3.8, 4) is 28.3 Å². The van der Waals surface area contributed by atoms with Crippen LogP contribution in [0.15, 0.2) is 85.3 Å². The molecule has 15 nitrogen and oxygen atoms in total. The molecule has 4 aliphatic rings. The molecule has 62 heavy (non-hydrogen) atoms. The number of anilines is 3. The summed E-state index contributed by atoms with van der Waals surface area (Å²) in [5.41, 5.74) is 8.23. The molecule has 9 rings (SSSR count). The van der Waals surface area contributed by atoms with E-state index in [0.717, 1.165) is 97.1 Å². The number of benzene rings is 2. The molecule has 4 fully saturated rings. The van der Waals surface area contributed by atoms with Crippen molar-refractivity contribution >= 4 is 46.3 Å². The van der Waals surface area contributed by atoms with Crippen molar-refractivity contribution in [1.82, 2.24) is 34.6 Å². The maximum Gasteiger partial charge on any atom is 0.249 e.